The molecule has 31 heavy (non-hydrogen) atoms. The van der Waals surface area contributed by atoms with E-state index >= 15 is 0 Å². The number of para-hydroxylation sites is 1. The van der Waals surface area contributed by atoms with Gasteiger partial charge in [0.2, 0.25) is 0 Å². The Kier molecular flexibility index (Phi) is 4.94. The van der Waals surface area contributed by atoms with Crippen molar-refractivity contribution in [2.45, 2.75) is 39.3 Å². The number of fused-ring (bicyclic) bond motifs is 2. The van der Waals surface area contributed by atoms with Crippen molar-refractivity contribution in [3.05, 3.63) is 87.3 Å². The first-order chi connectivity index (χ1) is 15.0. The SMILES string of the molecule is CC(C)c1nc2c(c(=O)[nH]1)CN(Cc1c(-c3ccc(F)cc3)[nH]c3ccccc13)CC2. The molecule has 0 atom stereocenters. The molecule has 0 saturated heterocycles. The molecule has 0 aliphatic carbocycles. The van der Waals surface area contributed by atoms with Crippen LogP contribution in [-0.4, -0.2) is 26.4 Å². The van der Waals surface area contributed by atoms with Crippen molar-refractivity contribution in [1.29, 1.82) is 0 Å². The summed E-state index contributed by atoms with van der Waals surface area (Å²) in [7, 11) is 0. The largest absolute Gasteiger partial charge is 0.354 e. The summed E-state index contributed by atoms with van der Waals surface area (Å²) in [5.41, 5.74) is 5.81. The third-order valence-corrected chi connectivity index (χ3v) is 6.04. The maximum absolute atomic E-state index is 13.5. The molecule has 1 aliphatic heterocycles. The molecule has 2 aromatic heterocycles. The highest BCUT2D eigenvalue weighted by atomic mass is 19.1. The maximum Gasteiger partial charge on any atom is 0.255 e. The number of nitrogens with zero attached hydrogens (tertiary/aromatic N) is 2. The lowest BCUT2D eigenvalue weighted by atomic mass is 10.0. The summed E-state index contributed by atoms with van der Waals surface area (Å²) < 4.78 is 13.5. The van der Waals surface area contributed by atoms with Gasteiger partial charge in [-0.2, -0.15) is 0 Å². The number of nitrogens with one attached hydrogen (secondary N) is 2. The number of aromatic nitrogens is 3. The van der Waals surface area contributed by atoms with Crippen molar-refractivity contribution >= 4 is 10.9 Å². The molecular formula is C25H25FN4O. The molecule has 5 nitrogen and oxygen atoms in total. The van der Waals surface area contributed by atoms with E-state index in [9.17, 15) is 9.18 Å². The van der Waals surface area contributed by atoms with E-state index in [0.29, 0.717) is 13.1 Å². The van der Waals surface area contributed by atoms with Gasteiger partial charge < -0.3 is 9.97 Å². The van der Waals surface area contributed by atoms with Gasteiger partial charge >= 0.3 is 0 Å². The second-order valence-electron chi connectivity index (χ2n) is 8.52. The smallest absolute Gasteiger partial charge is 0.255 e. The van der Waals surface area contributed by atoms with Crippen LogP contribution in [0, 0.1) is 5.82 Å². The van der Waals surface area contributed by atoms with Crippen LogP contribution in [0.3, 0.4) is 0 Å². The maximum atomic E-state index is 13.5. The van der Waals surface area contributed by atoms with Gasteiger partial charge in [0, 0.05) is 42.9 Å². The lowest BCUT2D eigenvalue weighted by Gasteiger charge is -2.28. The Bertz CT molecular complexity index is 1300. The molecule has 5 rings (SSSR count). The van der Waals surface area contributed by atoms with Gasteiger partial charge in [-0.1, -0.05) is 32.0 Å². The predicted octanol–water partition coefficient (Wildman–Crippen LogP) is 4.74. The molecule has 158 valence electrons. The Hall–Kier alpha value is -3.25. The number of hydrogen-bond donors (Lipinski definition) is 2. The van der Waals surface area contributed by atoms with E-state index in [-0.39, 0.29) is 17.3 Å². The Morgan fingerprint density at radius 3 is 2.65 bits per heavy atom. The van der Waals surface area contributed by atoms with E-state index in [1.165, 1.54) is 12.1 Å². The summed E-state index contributed by atoms with van der Waals surface area (Å²) in [6.45, 7) is 6.17. The minimum atomic E-state index is -0.249. The molecular weight excluding hydrogens is 391 g/mol. The number of halogens is 1. The van der Waals surface area contributed by atoms with Gasteiger partial charge in [-0.3, -0.25) is 9.69 Å². The van der Waals surface area contributed by atoms with E-state index in [4.69, 9.17) is 4.98 Å². The summed E-state index contributed by atoms with van der Waals surface area (Å²) in [5, 5.41) is 1.15. The zero-order valence-corrected chi connectivity index (χ0v) is 17.7. The molecule has 0 radical (unpaired) electrons. The molecule has 0 amide bonds. The minimum Gasteiger partial charge on any atom is -0.354 e. The molecule has 3 heterocycles. The molecule has 0 unspecified atom stereocenters. The second-order valence-corrected chi connectivity index (χ2v) is 8.52. The fourth-order valence-electron chi connectivity index (χ4n) is 4.36. The Labute approximate surface area is 180 Å². The van der Waals surface area contributed by atoms with Crippen LogP contribution in [0.1, 0.15) is 42.4 Å². The first kappa shape index (κ1) is 19.7. The van der Waals surface area contributed by atoms with Gasteiger partial charge in [-0.25, -0.2) is 9.37 Å². The van der Waals surface area contributed by atoms with Gasteiger partial charge in [0.15, 0.2) is 0 Å². The molecule has 0 bridgehead atoms. The van der Waals surface area contributed by atoms with Crippen LogP contribution in [0.2, 0.25) is 0 Å². The first-order valence-corrected chi connectivity index (χ1v) is 10.7. The zero-order valence-electron chi connectivity index (χ0n) is 17.7. The van der Waals surface area contributed by atoms with Gasteiger partial charge in [0.05, 0.1) is 17.0 Å². The van der Waals surface area contributed by atoms with Crippen LogP contribution in [0.5, 0.6) is 0 Å². The monoisotopic (exact) mass is 416 g/mol. The first-order valence-electron chi connectivity index (χ1n) is 10.7. The van der Waals surface area contributed by atoms with Gasteiger partial charge in [-0.15, -0.1) is 0 Å². The van der Waals surface area contributed by atoms with E-state index in [1.807, 2.05) is 26.0 Å². The van der Waals surface area contributed by atoms with E-state index < -0.39 is 0 Å². The molecule has 0 saturated carbocycles. The third-order valence-electron chi connectivity index (χ3n) is 6.04. The van der Waals surface area contributed by atoms with Crippen molar-refractivity contribution in [2.75, 3.05) is 6.54 Å². The molecule has 1 aliphatic rings. The summed E-state index contributed by atoms with van der Waals surface area (Å²) in [5.74, 6) is 0.703. The Balaban J connectivity index is 1.51. The topological polar surface area (TPSA) is 64.8 Å². The van der Waals surface area contributed by atoms with E-state index in [2.05, 4.69) is 27.0 Å². The normalized spacial score (nSPS) is 14.3. The van der Waals surface area contributed by atoms with Crippen LogP contribution >= 0.6 is 0 Å². The van der Waals surface area contributed by atoms with E-state index in [1.54, 1.807) is 12.1 Å². The summed E-state index contributed by atoms with van der Waals surface area (Å²) >= 11 is 0. The van der Waals surface area contributed by atoms with Crippen LogP contribution in [0.15, 0.2) is 53.3 Å². The zero-order chi connectivity index (χ0) is 21.5. The van der Waals surface area contributed by atoms with Crippen LogP contribution in [0.25, 0.3) is 22.2 Å². The standard InChI is InChI=1S/C25H25FN4O/c1-15(2)24-28-22-11-12-30(14-20(22)25(31)29-24)13-19-18-5-3-4-6-21(18)27-23(19)16-7-9-17(26)10-8-16/h3-10,15,27H,11-14H2,1-2H3,(H,28,29,31). The fraction of sp³-hybridized carbons (Fsp3) is 0.280. The van der Waals surface area contributed by atoms with Crippen molar-refractivity contribution in [2.24, 2.45) is 0 Å². The molecule has 0 spiro atoms. The molecule has 6 heteroatoms. The quantitative estimate of drug-likeness (QED) is 0.505. The average Bonchev–Trinajstić information content (AvgIpc) is 3.13. The Morgan fingerprint density at radius 1 is 1.10 bits per heavy atom. The number of rotatable bonds is 4. The van der Waals surface area contributed by atoms with Gasteiger partial charge in [0.25, 0.3) is 5.56 Å². The third kappa shape index (κ3) is 3.68. The summed E-state index contributed by atoms with van der Waals surface area (Å²) in [6.07, 6.45) is 0.757. The highest BCUT2D eigenvalue weighted by Crippen LogP contribution is 2.32. The van der Waals surface area contributed by atoms with Crippen molar-refractivity contribution in [3.8, 4) is 11.3 Å². The van der Waals surface area contributed by atoms with Gasteiger partial charge in [0.1, 0.15) is 11.6 Å². The lowest BCUT2D eigenvalue weighted by Crippen LogP contribution is -2.36. The highest BCUT2D eigenvalue weighted by molar-refractivity contribution is 5.90. The molecule has 2 N–H and O–H groups in total. The van der Waals surface area contributed by atoms with E-state index in [0.717, 1.165) is 57.8 Å². The highest BCUT2D eigenvalue weighted by Gasteiger charge is 2.24. The van der Waals surface area contributed by atoms with Crippen LogP contribution in [-0.2, 0) is 19.5 Å². The average molecular weight is 417 g/mol. The van der Waals surface area contributed by atoms with Crippen LogP contribution in [0.4, 0.5) is 4.39 Å². The summed E-state index contributed by atoms with van der Waals surface area (Å²) in [4.78, 5) is 26.2. The second kappa shape index (κ2) is 7.78. The van der Waals surface area contributed by atoms with Crippen molar-refractivity contribution in [1.82, 2.24) is 19.9 Å². The Morgan fingerprint density at radius 2 is 1.87 bits per heavy atom. The van der Waals surface area contributed by atoms with Crippen molar-refractivity contribution in [3.63, 3.8) is 0 Å². The number of hydrogen-bond acceptors (Lipinski definition) is 3. The van der Waals surface area contributed by atoms with Gasteiger partial charge in [-0.05, 0) is 41.5 Å². The molecule has 0 fully saturated rings. The number of benzene rings is 2. The van der Waals surface area contributed by atoms with Crippen molar-refractivity contribution < 1.29 is 4.39 Å². The predicted molar refractivity (Wildman–Crippen MR) is 120 cm³/mol. The van der Waals surface area contributed by atoms with Crippen LogP contribution < -0.4 is 5.56 Å². The number of aromatic amines is 2. The fourth-order valence-corrected chi connectivity index (χ4v) is 4.36. The minimum absolute atomic E-state index is 0.0314. The lowest BCUT2D eigenvalue weighted by molar-refractivity contribution is 0.242. The summed E-state index contributed by atoms with van der Waals surface area (Å²) in [6, 6.07) is 14.8. The molecule has 2 aromatic carbocycles. The molecule has 4 aromatic rings. The number of H-pyrrole nitrogens is 2.